The van der Waals surface area contributed by atoms with E-state index in [0.29, 0.717) is 5.92 Å². The van der Waals surface area contributed by atoms with Crippen LogP contribution < -0.4 is 0 Å². The molecule has 2 aromatic rings. The number of thioether (sulfide) groups is 1. The second-order valence-electron chi connectivity index (χ2n) is 7.06. The molecule has 2 aliphatic heterocycles. The van der Waals surface area contributed by atoms with Crippen molar-refractivity contribution < 1.29 is 4.79 Å². The zero-order chi connectivity index (χ0) is 17.9. The Balaban J connectivity index is 1.45. The number of hydrogen-bond acceptors (Lipinski definition) is 5. The van der Waals surface area contributed by atoms with Crippen molar-refractivity contribution in [3.8, 4) is 0 Å². The molecule has 4 rings (SSSR count). The van der Waals surface area contributed by atoms with E-state index in [0.717, 1.165) is 61.1 Å². The number of hydrogen-bond donors (Lipinski definition) is 0. The van der Waals surface area contributed by atoms with Gasteiger partial charge in [-0.1, -0.05) is 6.42 Å². The van der Waals surface area contributed by atoms with Crippen LogP contribution in [0.4, 0.5) is 0 Å². The SMILES string of the molecule is CSc1ncccc1C(=O)N1CCC(c2nnc3n2CCCCC3)CC1. The Morgan fingerprint density at radius 2 is 2.00 bits per heavy atom. The molecular weight excluding hydrogens is 346 g/mol. The van der Waals surface area contributed by atoms with Gasteiger partial charge in [0.25, 0.3) is 5.91 Å². The minimum absolute atomic E-state index is 0.0981. The maximum Gasteiger partial charge on any atom is 0.256 e. The van der Waals surface area contributed by atoms with Gasteiger partial charge in [0.05, 0.1) is 5.56 Å². The molecule has 6 nitrogen and oxygen atoms in total. The number of fused-ring (bicyclic) bond motifs is 1. The monoisotopic (exact) mass is 371 g/mol. The molecule has 2 aliphatic rings. The fraction of sp³-hybridized carbons (Fsp3) is 0.579. The highest BCUT2D eigenvalue weighted by Gasteiger charge is 2.29. The number of pyridine rings is 1. The smallest absolute Gasteiger partial charge is 0.256 e. The Morgan fingerprint density at radius 3 is 2.81 bits per heavy atom. The Labute approximate surface area is 158 Å². The summed E-state index contributed by atoms with van der Waals surface area (Å²) >= 11 is 1.52. The van der Waals surface area contributed by atoms with E-state index in [1.165, 1.54) is 31.0 Å². The summed E-state index contributed by atoms with van der Waals surface area (Å²) < 4.78 is 2.35. The Morgan fingerprint density at radius 1 is 1.15 bits per heavy atom. The third-order valence-electron chi connectivity index (χ3n) is 5.48. The van der Waals surface area contributed by atoms with E-state index in [2.05, 4.69) is 19.7 Å². The minimum atomic E-state index is 0.0981. The third kappa shape index (κ3) is 3.37. The zero-order valence-electron chi connectivity index (χ0n) is 15.2. The molecule has 1 amide bonds. The molecule has 0 atom stereocenters. The van der Waals surface area contributed by atoms with E-state index < -0.39 is 0 Å². The molecule has 0 aromatic carbocycles. The van der Waals surface area contributed by atoms with Crippen LogP contribution in [-0.4, -0.2) is 49.9 Å². The maximum absolute atomic E-state index is 12.9. The van der Waals surface area contributed by atoms with Crippen molar-refractivity contribution >= 4 is 17.7 Å². The molecule has 4 heterocycles. The first kappa shape index (κ1) is 17.5. The Kier molecular flexibility index (Phi) is 5.24. The molecule has 0 unspecified atom stereocenters. The van der Waals surface area contributed by atoms with Crippen LogP contribution in [0.15, 0.2) is 23.4 Å². The van der Waals surface area contributed by atoms with Gasteiger partial charge in [-0.3, -0.25) is 4.79 Å². The van der Waals surface area contributed by atoms with Crippen molar-refractivity contribution in [2.75, 3.05) is 19.3 Å². The van der Waals surface area contributed by atoms with Gasteiger partial charge in [-0.2, -0.15) is 0 Å². The molecule has 0 aliphatic carbocycles. The number of likely N-dealkylation sites (tertiary alicyclic amines) is 1. The summed E-state index contributed by atoms with van der Waals surface area (Å²) in [5.41, 5.74) is 0.717. The van der Waals surface area contributed by atoms with Gasteiger partial charge in [-0.25, -0.2) is 4.98 Å². The number of rotatable bonds is 3. The second-order valence-corrected chi connectivity index (χ2v) is 7.86. The maximum atomic E-state index is 12.9. The fourth-order valence-corrected chi connectivity index (χ4v) is 4.58. The van der Waals surface area contributed by atoms with Gasteiger partial charge in [0, 0.05) is 38.2 Å². The van der Waals surface area contributed by atoms with Crippen LogP contribution in [0.5, 0.6) is 0 Å². The van der Waals surface area contributed by atoms with Gasteiger partial charge < -0.3 is 9.47 Å². The van der Waals surface area contributed by atoms with Gasteiger partial charge in [-0.05, 0) is 44.1 Å². The summed E-state index contributed by atoms with van der Waals surface area (Å²) in [6, 6.07) is 3.72. The number of amides is 1. The van der Waals surface area contributed by atoms with Crippen molar-refractivity contribution in [1.29, 1.82) is 0 Å². The Hall–Kier alpha value is -1.89. The van der Waals surface area contributed by atoms with Crippen LogP contribution in [0.1, 0.15) is 60.0 Å². The Bertz CT molecular complexity index is 782. The van der Waals surface area contributed by atoms with Gasteiger partial charge in [0.2, 0.25) is 0 Å². The van der Waals surface area contributed by atoms with Crippen LogP contribution in [0.25, 0.3) is 0 Å². The standard InChI is InChI=1S/C19H25N5OS/c1-26-18-15(6-5-10-20-18)19(25)23-12-8-14(9-13-23)17-22-21-16-7-3-2-4-11-24(16)17/h5-6,10,14H,2-4,7-9,11-13H2,1H3. The van der Waals surface area contributed by atoms with Crippen molar-refractivity contribution in [2.24, 2.45) is 0 Å². The molecule has 2 aromatic heterocycles. The van der Waals surface area contributed by atoms with E-state index in [-0.39, 0.29) is 5.91 Å². The summed E-state index contributed by atoms with van der Waals surface area (Å²) in [7, 11) is 0. The lowest BCUT2D eigenvalue weighted by Gasteiger charge is -2.32. The molecule has 1 fully saturated rings. The van der Waals surface area contributed by atoms with Gasteiger partial charge in [0.1, 0.15) is 16.7 Å². The molecular formula is C19H25N5OS. The van der Waals surface area contributed by atoms with Gasteiger partial charge >= 0.3 is 0 Å². The molecule has 7 heteroatoms. The van der Waals surface area contributed by atoms with E-state index >= 15 is 0 Å². The van der Waals surface area contributed by atoms with Gasteiger partial charge in [-0.15, -0.1) is 22.0 Å². The van der Waals surface area contributed by atoms with Gasteiger partial charge in [0.15, 0.2) is 0 Å². The fourth-order valence-electron chi connectivity index (χ4n) is 4.04. The molecule has 0 bridgehead atoms. The van der Waals surface area contributed by atoms with E-state index in [9.17, 15) is 4.79 Å². The van der Waals surface area contributed by atoms with E-state index in [1.54, 1.807) is 6.20 Å². The number of carbonyl (C=O) groups is 1. The van der Waals surface area contributed by atoms with Crippen LogP contribution in [0, 0.1) is 0 Å². The number of nitrogens with zero attached hydrogens (tertiary/aromatic N) is 5. The van der Waals surface area contributed by atoms with Crippen LogP contribution >= 0.6 is 11.8 Å². The van der Waals surface area contributed by atoms with Crippen molar-refractivity contribution in [3.05, 3.63) is 35.5 Å². The number of piperidine rings is 1. The normalized spacial score (nSPS) is 18.4. The first-order chi connectivity index (χ1) is 12.8. The van der Waals surface area contributed by atoms with Crippen molar-refractivity contribution in [2.45, 2.75) is 56.0 Å². The van der Waals surface area contributed by atoms with E-state index in [4.69, 9.17) is 0 Å². The number of aryl methyl sites for hydroxylation is 1. The zero-order valence-corrected chi connectivity index (χ0v) is 16.0. The lowest BCUT2D eigenvalue weighted by atomic mass is 9.95. The molecule has 0 saturated carbocycles. The van der Waals surface area contributed by atoms with Crippen molar-refractivity contribution in [3.63, 3.8) is 0 Å². The summed E-state index contributed by atoms with van der Waals surface area (Å²) in [5, 5.41) is 9.76. The molecule has 26 heavy (non-hydrogen) atoms. The predicted molar refractivity (Wildman–Crippen MR) is 101 cm³/mol. The average molecular weight is 372 g/mol. The quantitative estimate of drug-likeness (QED) is 0.776. The molecule has 138 valence electrons. The summed E-state index contributed by atoms with van der Waals surface area (Å²) in [6.45, 7) is 2.59. The molecule has 0 radical (unpaired) electrons. The minimum Gasteiger partial charge on any atom is -0.339 e. The third-order valence-corrected chi connectivity index (χ3v) is 6.19. The number of aromatic nitrogens is 4. The van der Waals surface area contributed by atoms with Crippen molar-refractivity contribution in [1.82, 2.24) is 24.6 Å². The number of carbonyl (C=O) groups excluding carboxylic acids is 1. The van der Waals surface area contributed by atoms with Crippen LogP contribution in [0.2, 0.25) is 0 Å². The first-order valence-corrected chi connectivity index (χ1v) is 10.7. The van der Waals surface area contributed by atoms with Crippen LogP contribution in [0.3, 0.4) is 0 Å². The highest BCUT2D eigenvalue weighted by molar-refractivity contribution is 7.98. The highest BCUT2D eigenvalue weighted by Crippen LogP contribution is 2.30. The topological polar surface area (TPSA) is 63.9 Å². The highest BCUT2D eigenvalue weighted by atomic mass is 32.2. The molecule has 0 N–H and O–H groups in total. The second kappa shape index (κ2) is 7.78. The predicted octanol–water partition coefficient (Wildman–Crippen LogP) is 3.14. The molecule has 0 spiro atoms. The molecule has 1 saturated heterocycles. The summed E-state index contributed by atoms with van der Waals surface area (Å²) in [6.07, 6.45) is 10.4. The largest absolute Gasteiger partial charge is 0.339 e. The summed E-state index contributed by atoms with van der Waals surface area (Å²) in [5.74, 6) is 2.80. The van der Waals surface area contributed by atoms with E-state index in [1.807, 2.05) is 23.3 Å². The lowest BCUT2D eigenvalue weighted by molar-refractivity contribution is 0.0706. The first-order valence-electron chi connectivity index (χ1n) is 9.48. The van der Waals surface area contributed by atoms with Crippen LogP contribution in [-0.2, 0) is 13.0 Å². The average Bonchev–Trinajstić information content (AvgIpc) is 2.95. The lowest BCUT2D eigenvalue weighted by Crippen LogP contribution is -2.38. The summed E-state index contributed by atoms with van der Waals surface area (Å²) in [4.78, 5) is 19.2.